The van der Waals surface area contributed by atoms with Gasteiger partial charge >= 0.3 is 0 Å². The predicted molar refractivity (Wildman–Crippen MR) is 61.9 cm³/mol. The van der Waals surface area contributed by atoms with E-state index >= 15 is 0 Å². The van der Waals surface area contributed by atoms with Crippen LogP contribution in [0.2, 0.25) is 0 Å². The third-order valence-electron chi connectivity index (χ3n) is 2.12. The van der Waals surface area contributed by atoms with Gasteiger partial charge < -0.3 is 4.90 Å². The van der Waals surface area contributed by atoms with Gasteiger partial charge in [0.25, 0.3) is 0 Å². The van der Waals surface area contributed by atoms with E-state index in [9.17, 15) is 4.79 Å². The summed E-state index contributed by atoms with van der Waals surface area (Å²) < 4.78 is 0. The third-order valence-corrected chi connectivity index (χ3v) is 3.17. The molecule has 0 unspecified atom stereocenters. The van der Waals surface area contributed by atoms with Crippen molar-refractivity contribution < 1.29 is 4.79 Å². The molecule has 0 fully saturated rings. The maximum absolute atomic E-state index is 11.6. The number of likely N-dealkylation sites (N-methyl/N-ethyl adjacent to an activating group) is 1. The van der Waals surface area contributed by atoms with Crippen molar-refractivity contribution in [3.8, 4) is 0 Å². The molecule has 76 valence electrons. The van der Waals surface area contributed by atoms with Crippen molar-refractivity contribution in [2.75, 3.05) is 12.8 Å². The van der Waals surface area contributed by atoms with Crippen molar-refractivity contribution in [3.63, 3.8) is 0 Å². The van der Waals surface area contributed by atoms with Gasteiger partial charge in [0.15, 0.2) is 0 Å². The lowest BCUT2D eigenvalue weighted by Gasteiger charge is -2.17. The lowest BCUT2D eigenvalue weighted by atomic mass is 10.3. The molecule has 1 aliphatic heterocycles. The van der Waals surface area contributed by atoms with E-state index in [2.05, 4.69) is 6.58 Å². The van der Waals surface area contributed by atoms with Crippen LogP contribution in [0.3, 0.4) is 0 Å². The lowest BCUT2D eigenvalue weighted by Crippen LogP contribution is -2.24. The SMILES string of the molecule is C=C/C=C\C1=C(C)SCCC(=O)N1C. The van der Waals surface area contributed by atoms with E-state index in [-0.39, 0.29) is 5.91 Å². The number of carbonyl (C=O) groups is 1. The van der Waals surface area contributed by atoms with Crippen molar-refractivity contribution in [2.24, 2.45) is 0 Å². The van der Waals surface area contributed by atoms with Gasteiger partial charge in [-0.1, -0.05) is 18.7 Å². The van der Waals surface area contributed by atoms with Gasteiger partial charge in [-0.15, -0.1) is 11.8 Å². The Bertz CT molecular complexity index is 304. The molecule has 0 aliphatic carbocycles. The highest BCUT2D eigenvalue weighted by Gasteiger charge is 2.17. The largest absolute Gasteiger partial charge is 0.315 e. The number of amides is 1. The van der Waals surface area contributed by atoms with Crippen LogP contribution in [0.1, 0.15) is 13.3 Å². The summed E-state index contributed by atoms with van der Waals surface area (Å²) in [6.45, 7) is 5.66. The summed E-state index contributed by atoms with van der Waals surface area (Å²) in [5, 5.41) is 0. The van der Waals surface area contributed by atoms with Crippen molar-refractivity contribution in [3.05, 3.63) is 35.4 Å². The van der Waals surface area contributed by atoms with E-state index < -0.39 is 0 Å². The van der Waals surface area contributed by atoms with Crippen LogP contribution in [-0.2, 0) is 4.79 Å². The Labute approximate surface area is 89.4 Å². The molecule has 0 saturated heterocycles. The summed E-state index contributed by atoms with van der Waals surface area (Å²) >= 11 is 1.74. The number of nitrogens with zero attached hydrogens (tertiary/aromatic N) is 1. The molecule has 14 heavy (non-hydrogen) atoms. The second kappa shape index (κ2) is 5.05. The molecule has 3 heteroatoms. The van der Waals surface area contributed by atoms with E-state index in [1.165, 1.54) is 4.91 Å². The van der Waals surface area contributed by atoms with Crippen molar-refractivity contribution in [2.45, 2.75) is 13.3 Å². The molecule has 0 aromatic carbocycles. The van der Waals surface area contributed by atoms with Crippen LogP contribution in [0.4, 0.5) is 0 Å². The average molecular weight is 209 g/mol. The first kappa shape index (κ1) is 11.1. The van der Waals surface area contributed by atoms with Crippen LogP contribution >= 0.6 is 11.8 Å². The van der Waals surface area contributed by atoms with Gasteiger partial charge in [0, 0.05) is 24.1 Å². The Morgan fingerprint density at radius 1 is 1.57 bits per heavy atom. The van der Waals surface area contributed by atoms with Crippen LogP contribution in [0.25, 0.3) is 0 Å². The van der Waals surface area contributed by atoms with Crippen LogP contribution < -0.4 is 0 Å². The van der Waals surface area contributed by atoms with Crippen molar-refractivity contribution in [1.82, 2.24) is 4.90 Å². The fraction of sp³-hybridized carbons (Fsp3) is 0.364. The quantitative estimate of drug-likeness (QED) is 0.651. The molecule has 1 amide bonds. The summed E-state index contributed by atoms with van der Waals surface area (Å²) in [6, 6.07) is 0. The topological polar surface area (TPSA) is 20.3 Å². The molecule has 0 aromatic rings. The van der Waals surface area contributed by atoms with Gasteiger partial charge in [0.05, 0.1) is 5.70 Å². The van der Waals surface area contributed by atoms with E-state index in [0.29, 0.717) is 6.42 Å². The second-order valence-electron chi connectivity index (χ2n) is 3.09. The Kier molecular flexibility index (Phi) is 4.01. The molecule has 0 bridgehead atoms. The summed E-state index contributed by atoms with van der Waals surface area (Å²) in [4.78, 5) is 14.5. The zero-order valence-corrected chi connectivity index (χ0v) is 9.43. The normalized spacial score (nSPS) is 19.0. The van der Waals surface area contributed by atoms with Gasteiger partial charge in [-0.25, -0.2) is 0 Å². The van der Waals surface area contributed by atoms with Crippen LogP contribution in [-0.4, -0.2) is 23.6 Å². The minimum absolute atomic E-state index is 0.179. The molecular formula is C11H15NOS. The first-order valence-corrected chi connectivity index (χ1v) is 5.54. The van der Waals surface area contributed by atoms with Gasteiger partial charge in [0.1, 0.15) is 0 Å². The molecule has 1 heterocycles. The maximum Gasteiger partial charge on any atom is 0.227 e. The highest BCUT2D eigenvalue weighted by molar-refractivity contribution is 8.03. The minimum atomic E-state index is 0.179. The first-order chi connectivity index (χ1) is 6.66. The fourth-order valence-corrected chi connectivity index (χ4v) is 2.23. The smallest absolute Gasteiger partial charge is 0.227 e. The number of allylic oxidation sites excluding steroid dienone is 4. The van der Waals surface area contributed by atoms with Crippen LogP contribution in [0, 0.1) is 0 Å². The zero-order chi connectivity index (χ0) is 10.6. The van der Waals surface area contributed by atoms with Gasteiger partial charge in [-0.3, -0.25) is 4.79 Å². The number of hydrogen-bond donors (Lipinski definition) is 0. The summed E-state index contributed by atoms with van der Waals surface area (Å²) in [5.41, 5.74) is 0.984. The molecule has 1 rings (SSSR count). The average Bonchev–Trinajstić information content (AvgIpc) is 2.27. The fourth-order valence-electron chi connectivity index (χ4n) is 1.29. The lowest BCUT2D eigenvalue weighted by molar-refractivity contribution is -0.127. The highest BCUT2D eigenvalue weighted by atomic mass is 32.2. The highest BCUT2D eigenvalue weighted by Crippen LogP contribution is 2.26. The van der Waals surface area contributed by atoms with E-state index in [0.717, 1.165) is 11.4 Å². The van der Waals surface area contributed by atoms with E-state index in [1.807, 2.05) is 26.1 Å². The molecule has 0 saturated carbocycles. The first-order valence-electron chi connectivity index (χ1n) is 4.56. The predicted octanol–water partition coefficient (Wildman–Crippen LogP) is 2.56. The third kappa shape index (κ3) is 2.51. The minimum Gasteiger partial charge on any atom is -0.315 e. The number of carbonyl (C=O) groups excluding carboxylic acids is 1. The van der Waals surface area contributed by atoms with Gasteiger partial charge in [-0.05, 0) is 13.0 Å². The number of thioether (sulfide) groups is 1. The van der Waals surface area contributed by atoms with E-state index in [4.69, 9.17) is 0 Å². The standard InChI is InChI=1S/C11H15NOS/c1-4-5-6-10-9(2)14-8-7-11(13)12(10)3/h4-6H,1,7-8H2,2-3H3/b6-5-. The summed E-state index contributed by atoms with van der Waals surface area (Å²) in [7, 11) is 1.82. The number of rotatable bonds is 2. The Hall–Kier alpha value is -0.960. The molecular weight excluding hydrogens is 194 g/mol. The molecule has 1 aliphatic rings. The van der Waals surface area contributed by atoms with Crippen LogP contribution in [0.5, 0.6) is 0 Å². The Morgan fingerprint density at radius 3 is 2.93 bits per heavy atom. The Balaban J connectivity index is 2.97. The van der Waals surface area contributed by atoms with Crippen molar-refractivity contribution in [1.29, 1.82) is 0 Å². The Morgan fingerprint density at radius 2 is 2.29 bits per heavy atom. The van der Waals surface area contributed by atoms with Crippen LogP contribution in [0.15, 0.2) is 35.4 Å². The molecule has 0 radical (unpaired) electrons. The van der Waals surface area contributed by atoms with E-state index in [1.54, 1.807) is 22.7 Å². The zero-order valence-electron chi connectivity index (χ0n) is 8.62. The second-order valence-corrected chi connectivity index (χ2v) is 4.40. The monoisotopic (exact) mass is 209 g/mol. The molecule has 0 aromatic heterocycles. The summed E-state index contributed by atoms with van der Waals surface area (Å²) in [5.74, 6) is 1.05. The molecule has 0 atom stereocenters. The maximum atomic E-state index is 11.6. The summed E-state index contributed by atoms with van der Waals surface area (Å²) in [6.07, 6.45) is 6.12. The molecule has 0 spiro atoms. The van der Waals surface area contributed by atoms with Gasteiger partial charge in [-0.2, -0.15) is 0 Å². The van der Waals surface area contributed by atoms with Gasteiger partial charge in [0.2, 0.25) is 5.91 Å². The molecule has 2 nitrogen and oxygen atoms in total. The van der Waals surface area contributed by atoms with Crippen molar-refractivity contribution >= 4 is 17.7 Å². The molecule has 0 N–H and O–H groups in total. The number of hydrogen-bond acceptors (Lipinski definition) is 2.